The van der Waals surface area contributed by atoms with E-state index in [2.05, 4.69) is 14.9 Å². The molecule has 1 aliphatic carbocycles. The van der Waals surface area contributed by atoms with E-state index in [0.29, 0.717) is 57.1 Å². The third-order valence-electron chi connectivity index (χ3n) is 7.87. The van der Waals surface area contributed by atoms with Crippen LogP contribution in [-0.2, 0) is 24.3 Å². The number of rotatable bonds is 9. The van der Waals surface area contributed by atoms with E-state index < -0.39 is 10.0 Å². The van der Waals surface area contributed by atoms with Crippen LogP contribution in [-0.4, -0.2) is 128 Å². The number of ether oxygens (including phenoxy) is 3. The predicted molar refractivity (Wildman–Crippen MR) is 141 cm³/mol. The average molecular weight is 567 g/mol. The lowest BCUT2D eigenvalue weighted by molar-refractivity contribution is -0.120. The van der Waals surface area contributed by atoms with Gasteiger partial charge in [-0.1, -0.05) is 0 Å². The molecular weight excluding hydrogens is 528 g/mol. The quantitative estimate of drug-likeness (QED) is 0.417. The minimum absolute atomic E-state index is 0.0192. The van der Waals surface area contributed by atoms with Crippen LogP contribution < -0.4 is 9.64 Å². The first-order chi connectivity index (χ1) is 18.7. The van der Waals surface area contributed by atoms with Gasteiger partial charge in [0.05, 0.1) is 44.5 Å². The molecule has 0 unspecified atom stereocenters. The van der Waals surface area contributed by atoms with E-state index in [1.54, 1.807) is 4.90 Å². The second-order valence-electron chi connectivity index (χ2n) is 10.9. The Morgan fingerprint density at radius 2 is 1.82 bits per heavy atom. The Morgan fingerprint density at radius 3 is 2.46 bits per heavy atom. The van der Waals surface area contributed by atoms with Crippen molar-refractivity contribution < 1.29 is 32.2 Å². The number of anilines is 1. The fourth-order valence-corrected chi connectivity index (χ4v) is 6.31. The van der Waals surface area contributed by atoms with E-state index in [0.717, 1.165) is 38.8 Å². The SMILES string of the molecule is CC1(OC(=O)N2CCC(COc3cnc(N4CCN(S(=O)(=O)CCN5CCOCC5)CC4=O)cn3)CC2)CC1. The Morgan fingerprint density at radius 1 is 1.08 bits per heavy atom. The highest BCUT2D eigenvalue weighted by atomic mass is 32.2. The summed E-state index contributed by atoms with van der Waals surface area (Å²) in [6, 6.07) is 0. The van der Waals surface area contributed by atoms with Crippen molar-refractivity contribution >= 4 is 27.8 Å². The van der Waals surface area contributed by atoms with Crippen molar-refractivity contribution in [3.8, 4) is 5.88 Å². The number of carbonyl (C=O) groups is 2. The molecule has 3 saturated heterocycles. The molecule has 3 aliphatic heterocycles. The Hall–Kier alpha value is -2.55. The molecule has 14 heteroatoms. The smallest absolute Gasteiger partial charge is 0.410 e. The van der Waals surface area contributed by atoms with Crippen molar-refractivity contribution in [3.63, 3.8) is 0 Å². The van der Waals surface area contributed by atoms with Crippen molar-refractivity contribution in [3.05, 3.63) is 12.4 Å². The van der Waals surface area contributed by atoms with Gasteiger partial charge in [0.15, 0.2) is 5.82 Å². The maximum atomic E-state index is 12.8. The van der Waals surface area contributed by atoms with Gasteiger partial charge in [-0.15, -0.1) is 0 Å². The van der Waals surface area contributed by atoms with Gasteiger partial charge in [0.2, 0.25) is 21.8 Å². The summed E-state index contributed by atoms with van der Waals surface area (Å²) in [6.07, 6.45) is 6.26. The van der Waals surface area contributed by atoms with E-state index in [-0.39, 0.29) is 43.0 Å². The Bertz CT molecular complexity index is 1120. The van der Waals surface area contributed by atoms with Gasteiger partial charge in [-0.3, -0.25) is 14.6 Å². The highest BCUT2D eigenvalue weighted by Gasteiger charge is 2.43. The molecule has 0 N–H and O–H groups in total. The number of hydrogen-bond donors (Lipinski definition) is 0. The summed E-state index contributed by atoms with van der Waals surface area (Å²) in [4.78, 5) is 39.0. The first-order valence-electron chi connectivity index (χ1n) is 13.7. The van der Waals surface area contributed by atoms with Gasteiger partial charge in [0.25, 0.3) is 0 Å². The van der Waals surface area contributed by atoms with Crippen LogP contribution in [0.5, 0.6) is 5.88 Å². The van der Waals surface area contributed by atoms with E-state index in [1.165, 1.54) is 21.6 Å². The molecule has 2 amide bonds. The average Bonchev–Trinajstić information content (AvgIpc) is 3.68. The van der Waals surface area contributed by atoms with Crippen LogP contribution in [0.4, 0.5) is 10.6 Å². The number of piperazine rings is 1. The zero-order valence-electron chi connectivity index (χ0n) is 22.5. The third kappa shape index (κ3) is 7.35. The van der Waals surface area contributed by atoms with Crippen molar-refractivity contribution in [2.24, 2.45) is 5.92 Å². The second kappa shape index (κ2) is 11.9. The van der Waals surface area contributed by atoms with Crippen LogP contribution in [0.15, 0.2) is 12.4 Å². The number of sulfonamides is 1. The molecule has 4 aliphatic rings. The van der Waals surface area contributed by atoms with Crippen LogP contribution in [0.1, 0.15) is 32.6 Å². The van der Waals surface area contributed by atoms with Gasteiger partial charge >= 0.3 is 6.09 Å². The highest BCUT2D eigenvalue weighted by molar-refractivity contribution is 7.89. The fourth-order valence-electron chi connectivity index (χ4n) is 4.89. The normalized spacial score (nSPS) is 23.1. The molecule has 216 valence electrons. The largest absolute Gasteiger partial charge is 0.476 e. The molecule has 1 aromatic heterocycles. The van der Waals surface area contributed by atoms with E-state index in [9.17, 15) is 18.0 Å². The Kier molecular flexibility index (Phi) is 8.55. The number of likely N-dealkylation sites (tertiary alicyclic amines) is 1. The van der Waals surface area contributed by atoms with E-state index in [1.807, 2.05) is 6.92 Å². The molecule has 1 aromatic rings. The van der Waals surface area contributed by atoms with Crippen molar-refractivity contribution in [1.82, 2.24) is 24.1 Å². The topological polar surface area (TPSA) is 135 Å². The number of nitrogens with zero attached hydrogens (tertiary/aromatic N) is 6. The van der Waals surface area contributed by atoms with Gasteiger partial charge in [0, 0.05) is 45.8 Å². The predicted octanol–water partition coefficient (Wildman–Crippen LogP) is 0.567. The fraction of sp³-hybridized carbons (Fsp3) is 0.760. The summed E-state index contributed by atoms with van der Waals surface area (Å²) in [6.45, 7) is 7.02. The summed E-state index contributed by atoms with van der Waals surface area (Å²) in [5, 5.41) is 0. The van der Waals surface area contributed by atoms with Crippen molar-refractivity contribution in [2.45, 2.75) is 38.2 Å². The molecule has 0 atom stereocenters. The lowest BCUT2D eigenvalue weighted by atomic mass is 9.98. The van der Waals surface area contributed by atoms with Crippen molar-refractivity contribution in [1.29, 1.82) is 0 Å². The number of amides is 2. The first kappa shape index (κ1) is 28.0. The molecular formula is C25H38N6O7S. The molecule has 4 heterocycles. The standard InChI is InChI=1S/C25H38N6O7S/c1-25(4-5-25)38-24(33)29-6-2-20(3-7-29)19-37-22-17-26-21(16-27-22)31-9-8-30(18-23(31)32)39(34,35)15-12-28-10-13-36-14-11-28/h16-17,20H,2-15,18-19H2,1H3. The molecule has 13 nitrogen and oxygen atoms in total. The maximum Gasteiger partial charge on any atom is 0.410 e. The monoisotopic (exact) mass is 566 g/mol. The Balaban J connectivity index is 1.04. The zero-order valence-corrected chi connectivity index (χ0v) is 23.3. The van der Waals surface area contributed by atoms with Crippen LogP contribution in [0.2, 0.25) is 0 Å². The molecule has 0 spiro atoms. The summed E-state index contributed by atoms with van der Waals surface area (Å²) >= 11 is 0. The molecule has 5 rings (SSSR count). The zero-order chi connectivity index (χ0) is 27.5. The van der Waals surface area contributed by atoms with E-state index in [4.69, 9.17) is 14.2 Å². The van der Waals surface area contributed by atoms with Crippen molar-refractivity contribution in [2.75, 3.05) is 82.8 Å². The summed E-state index contributed by atoms with van der Waals surface area (Å²) in [5.74, 6) is 0.675. The number of piperidine rings is 1. The molecule has 1 saturated carbocycles. The Labute approximate surface area is 229 Å². The first-order valence-corrected chi connectivity index (χ1v) is 15.3. The third-order valence-corrected chi connectivity index (χ3v) is 9.66. The summed E-state index contributed by atoms with van der Waals surface area (Å²) in [7, 11) is -3.54. The summed E-state index contributed by atoms with van der Waals surface area (Å²) in [5.41, 5.74) is -0.263. The molecule has 0 radical (unpaired) electrons. The molecule has 0 aromatic carbocycles. The lowest BCUT2D eigenvalue weighted by Crippen LogP contribution is -2.53. The molecule has 0 bridgehead atoms. The lowest BCUT2D eigenvalue weighted by Gasteiger charge is -2.33. The van der Waals surface area contributed by atoms with E-state index >= 15 is 0 Å². The minimum Gasteiger partial charge on any atom is -0.476 e. The number of aromatic nitrogens is 2. The molecule has 39 heavy (non-hydrogen) atoms. The van der Waals surface area contributed by atoms with Crippen LogP contribution in [0.3, 0.4) is 0 Å². The minimum atomic E-state index is -3.54. The van der Waals surface area contributed by atoms with Crippen LogP contribution in [0.25, 0.3) is 0 Å². The van der Waals surface area contributed by atoms with Crippen LogP contribution in [0, 0.1) is 5.92 Å². The number of carbonyl (C=O) groups excluding carboxylic acids is 2. The number of hydrogen-bond acceptors (Lipinski definition) is 10. The number of morpholine rings is 1. The van der Waals surface area contributed by atoms with Gasteiger partial charge in [-0.05, 0) is 38.5 Å². The highest BCUT2D eigenvalue weighted by Crippen LogP contribution is 2.39. The maximum absolute atomic E-state index is 12.8. The van der Waals surface area contributed by atoms with Gasteiger partial charge in [0.1, 0.15) is 5.60 Å². The summed E-state index contributed by atoms with van der Waals surface area (Å²) < 4.78 is 43.5. The van der Waals surface area contributed by atoms with Gasteiger partial charge in [-0.25, -0.2) is 23.2 Å². The van der Waals surface area contributed by atoms with Crippen LogP contribution >= 0.6 is 0 Å². The second-order valence-corrected chi connectivity index (χ2v) is 13.0. The van der Waals surface area contributed by atoms with Gasteiger partial charge < -0.3 is 19.1 Å². The van der Waals surface area contributed by atoms with Gasteiger partial charge in [-0.2, -0.15) is 4.31 Å². The molecule has 4 fully saturated rings.